The molecular weight excluding hydrogens is 280 g/mol. The Hall–Kier alpha value is -1.45. The van der Waals surface area contributed by atoms with Crippen LogP contribution in [0.25, 0.3) is 0 Å². The number of rotatable bonds is 4. The van der Waals surface area contributed by atoms with Crippen molar-refractivity contribution in [1.82, 2.24) is 19.2 Å². The summed E-state index contributed by atoms with van der Waals surface area (Å²) in [6, 6.07) is 0. The smallest absolute Gasteiger partial charge is 0.260 e. The molecule has 9 heteroatoms. The van der Waals surface area contributed by atoms with Crippen LogP contribution in [0.1, 0.15) is 13.8 Å². The number of piperazine rings is 1. The Labute approximate surface area is 118 Å². The lowest BCUT2D eigenvalue weighted by Crippen LogP contribution is -2.60. The number of H-pyrrole nitrogens is 1. The molecule has 0 aliphatic carbocycles. The van der Waals surface area contributed by atoms with E-state index in [1.807, 2.05) is 18.7 Å². The Balaban J connectivity index is 2.07. The van der Waals surface area contributed by atoms with Gasteiger partial charge in [-0.2, -0.15) is 4.31 Å². The van der Waals surface area contributed by atoms with Crippen LogP contribution < -0.4 is 5.73 Å². The van der Waals surface area contributed by atoms with Gasteiger partial charge < -0.3 is 10.7 Å². The van der Waals surface area contributed by atoms with E-state index in [9.17, 15) is 8.42 Å². The summed E-state index contributed by atoms with van der Waals surface area (Å²) < 4.78 is 26.0. The Morgan fingerprint density at radius 3 is 2.45 bits per heavy atom. The SMILES string of the molecule is CC(C)(C(=N)N)N1CCN(S(=O)(=O)c2cnc[nH]2)CC1. The van der Waals surface area contributed by atoms with Crippen molar-refractivity contribution in [2.45, 2.75) is 24.4 Å². The van der Waals surface area contributed by atoms with Crippen LogP contribution in [0.3, 0.4) is 0 Å². The molecule has 0 bridgehead atoms. The lowest BCUT2D eigenvalue weighted by molar-refractivity contribution is 0.121. The van der Waals surface area contributed by atoms with E-state index in [4.69, 9.17) is 11.1 Å². The highest BCUT2D eigenvalue weighted by molar-refractivity contribution is 7.89. The number of aromatic nitrogens is 2. The molecule has 20 heavy (non-hydrogen) atoms. The minimum Gasteiger partial charge on any atom is -0.386 e. The minimum atomic E-state index is -3.50. The Morgan fingerprint density at radius 2 is 2.00 bits per heavy atom. The van der Waals surface area contributed by atoms with Crippen LogP contribution in [0, 0.1) is 5.41 Å². The first-order valence-corrected chi connectivity index (χ1v) is 7.78. The lowest BCUT2D eigenvalue weighted by atomic mass is 10.0. The number of nitrogens with two attached hydrogens (primary N) is 1. The average molecular weight is 300 g/mol. The van der Waals surface area contributed by atoms with Crippen LogP contribution in [0.4, 0.5) is 0 Å². The summed E-state index contributed by atoms with van der Waals surface area (Å²) in [4.78, 5) is 8.39. The van der Waals surface area contributed by atoms with Gasteiger partial charge in [0.1, 0.15) is 5.84 Å². The third-order valence-electron chi connectivity index (χ3n) is 3.78. The molecule has 0 radical (unpaired) electrons. The zero-order chi connectivity index (χ0) is 15.0. The summed E-state index contributed by atoms with van der Waals surface area (Å²) in [6.45, 7) is 5.57. The maximum Gasteiger partial charge on any atom is 0.260 e. The molecule has 8 nitrogen and oxygen atoms in total. The molecule has 1 aromatic rings. The van der Waals surface area contributed by atoms with E-state index in [1.165, 1.54) is 16.8 Å². The molecule has 2 rings (SSSR count). The maximum absolute atomic E-state index is 12.3. The van der Waals surface area contributed by atoms with Crippen LogP contribution in [-0.4, -0.2) is 65.1 Å². The van der Waals surface area contributed by atoms with Gasteiger partial charge >= 0.3 is 0 Å². The zero-order valence-corrected chi connectivity index (χ0v) is 12.4. The van der Waals surface area contributed by atoms with Gasteiger partial charge in [0.2, 0.25) is 0 Å². The van der Waals surface area contributed by atoms with Gasteiger partial charge in [-0.05, 0) is 13.8 Å². The van der Waals surface area contributed by atoms with Crippen LogP contribution in [0.5, 0.6) is 0 Å². The van der Waals surface area contributed by atoms with Crippen molar-refractivity contribution in [3.05, 3.63) is 12.5 Å². The first kappa shape index (κ1) is 14.9. The van der Waals surface area contributed by atoms with Crippen LogP contribution in [-0.2, 0) is 10.0 Å². The largest absolute Gasteiger partial charge is 0.386 e. The van der Waals surface area contributed by atoms with E-state index in [2.05, 4.69) is 9.97 Å². The van der Waals surface area contributed by atoms with Gasteiger partial charge in [0, 0.05) is 26.2 Å². The second kappa shape index (κ2) is 5.15. The van der Waals surface area contributed by atoms with Gasteiger partial charge in [-0.25, -0.2) is 13.4 Å². The molecule has 1 saturated heterocycles. The van der Waals surface area contributed by atoms with Gasteiger partial charge in [-0.15, -0.1) is 0 Å². The second-order valence-corrected chi connectivity index (χ2v) is 7.19. The van der Waals surface area contributed by atoms with E-state index >= 15 is 0 Å². The summed E-state index contributed by atoms with van der Waals surface area (Å²) >= 11 is 0. The summed E-state index contributed by atoms with van der Waals surface area (Å²) in [5, 5.41) is 7.72. The zero-order valence-electron chi connectivity index (χ0n) is 11.6. The molecule has 0 saturated carbocycles. The fourth-order valence-corrected chi connectivity index (χ4v) is 3.50. The fourth-order valence-electron chi connectivity index (χ4n) is 2.18. The standard InChI is InChI=1S/C11H20N6O2S/c1-11(2,10(12)13)16-3-5-17(6-4-16)20(18,19)9-7-14-8-15-9/h7-8H,3-6H2,1-2H3,(H3,12,13)(H,14,15). The van der Waals surface area contributed by atoms with Crippen molar-refractivity contribution in [3.8, 4) is 0 Å². The molecule has 0 amide bonds. The number of nitrogens with zero attached hydrogens (tertiary/aromatic N) is 3. The van der Waals surface area contributed by atoms with E-state index in [1.54, 1.807) is 0 Å². The summed E-state index contributed by atoms with van der Waals surface area (Å²) in [6.07, 6.45) is 2.66. The van der Waals surface area contributed by atoms with Crippen molar-refractivity contribution in [1.29, 1.82) is 5.41 Å². The number of hydrogen-bond acceptors (Lipinski definition) is 5. The predicted molar refractivity (Wildman–Crippen MR) is 74.9 cm³/mol. The van der Waals surface area contributed by atoms with Crippen molar-refractivity contribution >= 4 is 15.9 Å². The van der Waals surface area contributed by atoms with E-state index in [-0.39, 0.29) is 10.9 Å². The molecule has 0 unspecified atom stereocenters. The summed E-state index contributed by atoms with van der Waals surface area (Å²) in [5.74, 6) is 0.0855. The summed E-state index contributed by atoms with van der Waals surface area (Å²) in [7, 11) is -3.50. The number of sulfonamides is 1. The molecule has 2 heterocycles. The van der Waals surface area contributed by atoms with Crippen molar-refractivity contribution in [3.63, 3.8) is 0 Å². The molecule has 0 spiro atoms. The predicted octanol–water partition coefficient (Wildman–Crippen LogP) is -0.569. The van der Waals surface area contributed by atoms with Crippen molar-refractivity contribution in [2.24, 2.45) is 5.73 Å². The molecule has 1 aromatic heterocycles. The first-order chi connectivity index (χ1) is 9.26. The maximum atomic E-state index is 12.3. The fraction of sp³-hybridized carbons (Fsp3) is 0.636. The molecule has 0 aromatic carbocycles. The van der Waals surface area contributed by atoms with E-state index < -0.39 is 15.6 Å². The third-order valence-corrected chi connectivity index (χ3v) is 5.60. The second-order valence-electron chi connectivity index (χ2n) is 5.28. The molecule has 112 valence electrons. The summed E-state index contributed by atoms with van der Waals surface area (Å²) in [5.41, 5.74) is 5.04. The minimum absolute atomic E-state index is 0.0855. The van der Waals surface area contributed by atoms with Gasteiger partial charge in [-0.3, -0.25) is 10.3 Å². The van der Waals surface area contributed by atoms with Gasteiger partial charge in [-0.1, -0.05) is 0 Å². The quantitative estimate of drug-likeness (QED) is 0.508. The first-order valence-electron chi connectivity index (χ1n) is 6.34. The molecule has 0 atom stereocenters. The third kappa shape index (κ3) is 2.56. The van der Waals surface area contributed by atoms with Crippen molar-refractivity contribution in [2.75, 3.05) is 26.2 Å². The van der Waals surface area contributed by atoms with Crippen LogP contribution >= 0.6 is 0 Å². The molecule has 1 fully saturated rings. The normalized spacial score (nSPS) is 19.1. The number of aromatic amines is 1. The lowest BCUT2D eigenvalue weighted by Gasteiger charge is -2.42. The molecular formula is C11H20N6O2S. The van der Waals surface area contributed by atoms with Crippen LogP contribution in [0.2, 0.25) is 0 Å². The van der Waals surface area contributed by atoms with Gasteiger partial charge in [0.05, 0.1) is 18.1 Å². The van der Waals surface area contributed by atoms with E-state index in [0.717, 1.165) is 0 Å². The monoisotopic (exact) mass is 300 g/mol. The highest BCUT2D eigenvalue weighted by Crippen LogP contribution is 2.20. The molecule has 4 N–H and O–H groups in total. The highest BCUT2D eigenvalue weighted by atomic mass is 32.2. The number of amidine groups is 1. The Morgan fingerprint density at radius 1 is 1.40 bits per heavy atom. The number of nitrogens with one attached hydrogen (secondary N) is 2. The van der Waals surface area contributed by atoms with Gasteiger partial charge in [0.15, 0.2) is 5.03 Å². The number of hydrogen-bond donors (Lipinski definition) is 3. The topological polar surface area (TPSA) is 119 Å². The van der Waals surface area contributed by atoms with Crippen LogP contribution in [0.15, 0.2) is 17.6 Å². The number of imidazole rings is 1. The van der Waals surface area contributed by atoms with Crippen molar-refractivity contribution < 1.29 is 8.42 Å². The molecule has 1 aliphatic heterocycles. The highest BCUT2D eigenvalue weighted by Gasteiger charge is 2.36. The average Bonchev–Trinajstić information content (AvgIpc) is 2.93. The van der Waals surface area contributed by atoms with Gasteiger partial charge in [0.25, 0.3) is 10.0 Å². The molecule has 1 aliphatic rings. The Kier molecular flexibility index (Phi) is 3.85. The van der Waals surface area contributed by atoms with E-state index in [0.29, 0.717) is 26.2 Å². The Bertz CT molecular complexity index is 572.